The van der Waals surface area contributed by atoms with Crippen LogP contribution >= 0.6 is 0 Å². The van der Waals surface area contributed by atoms with Crippen LogP contribution in [0.1, 0.15) is 27.2 Å². The van der Waals surface area contributed by atoms with E-state index in [1.165, 1.54) is 20.8 Å². The molecular formula is C12H20F3NO5S. The number of hydrogen-bond donors (Lipinski definition) is 1. The number of carbonyl (C=O) groups is 2. The number of hydrogen-bond acceptors (Lipinski definition) is 6. The molecule has 2 atom stereocenters. The van der Waals surface area contributed by atoms with Crippen LogP contribution in [0.5, 0.6) is 0 Å². The van der Waals surface area contributed by atoms with Crippen LogP contribution in [0.3, 0.4) is 0 Å². The summed E-state index contributed by atoms with van der Waals surface area (Å²) in [5, 5.41) is 0. The Hall–Kier alpha value is -1.00. The lowest BCUT2D eigenvalue weighted by atomic mass is 10.0. The first-order valence-corrected chi connectivity index (χ1v) is 7.40. The van der Waals surface area contributed by atoms with E-state index in [4.69, 9.17) is 0 Å². The molecule has 0 heterocycles. The van der Waals surface area contributed by atoms with Crippen LogP contribution in [0, 0.1) is 5.92 Å². The normalized spacial score (nSPS) is 15.4. The minimum Gasteiger partial charge on any atom is -0.598 e. The van der Waals surface area contributed by atoms with E-state index in [1.807, 2.05) is 4.72 Å². The molecule has 1 N–H and O–H groups in total. The van der Waals surface area contributed by atoms with Crippen LogP contribution in [-0.4, -0.2) is 47.7 Å². The van der Waals surface area contributed by atoms with E-state index in [-0.39, 0.29) is 0 Å². The average Bonchev–Trinajstić information content (AvgIpc) is 2.38. The van der Waals surface area contributed by atoms with Gasteiger partial charge in [-0.15, -0.1) is 4.72 Å². The molecule has 0 amide bonds. The Kier molecular flexibility index (Phi) is 7.66. The predicted molar refractivity (Wildman–Crippen MR) is 73.0 cm³/mol. The third-order valence-corrected chi connectivity index (χ3v) is 4.25. The van der Waals surface area contributed by atoms with Gasteiger partial charge in [0.2, 0.25) is 0 Å². The summed E-state index contributed by atoms with van der Waals surface area (Å²) in [6, 6.07) is -2.32. The van der Waals surface area contributed by atoms with Crippen LogP contribution in [0.25, 0.3) is 0 Å². The molecule has 0 aromatic rings. The van der Waals surface area contributed by atoms with Crippen molar-refractivity contribution in [2.45, 2.75) is 44.2 Å². The molecule has 1 unspecified atom stereocenters. The van der Waals surface area contributed by atoms with Crippen LogP contribution < -0.4 is 4.72 Å². The first-order chi connectivity index (χ1) is 9.84. The second-order valence-corrected chi connectivity index (χ2v) is 7.43. The number of methoxy groups -OCH3 is 2. The van der Waals surface area contributed by atoms with E-state index in [1.54, 1.807) is 0 Å². The van der Waals surface area contributed by atoms with Gasteiger partial charge in [-0.2, -0.15) is 13.2 Å². The van der Waals surface area contributed by atoms with Crippen molar-refractivity contribution in [1.29, 1.82) is 0 Å². The molecule has 0 bridgehead atoms. The summed E-state index contributed by atoms with van der Waals surface area (Å²) in [5.74, 6) is -4.06. The Morgan fingerprint density at radius 2 is 1.55 bits per heavy atom. The molecule has 130 valence electrons. The summed E-state index contributed by atoms with van der Waals surface area (Å²) in [6.07, 6.45) is -5.77. The minimum absolute atomic E-state index is 0.946. The van der Waals surface area contributed by atoms with Gasteiger partial charge < -0.3 is 14.0 Å². The van der Waals surface area contributed by atoms with Crippen molar-refractivity contribution in [3.05, 3.63) is 0 Å². The Morgan fingerprint density at radius 1 is 1.14 bits per heavy atom. The van der Waals surface area contributed by atoms with Crippen molar-refractivity contribution < 1.29 is 36.8 Å². The van der Waals surface area contributed by atoms with Gasteiger partial charge in [-0.1, -0.05) is 0 Å². The zero-order chi connectivity index (χ0) is 17.7. The molecule has 0 aromatic carbocycles. The number of nitrogens with one attached hydrogen (secondary N) is 1. The van der Waals surface area contributed by atoms with Gasteiger partial charge in [-0.25, -0.2) is 0 Å². The predicted octanol–water partition coefficient (Wildman–Crippen LogP) is 1.32. The average molecular weight is 347 g/mol. The third kappa shape index (κ3) is 6.41. The van der Waals surface area contributed by atoms with Crippen LogP contribution in [0.2, 0.25) is 0 Å². The highest BCUT2D eigenvalue weighted by molar-refractivity contribution is 7.90. The number of halogens is 3. The van der Waals surface area contributed by atoms with Crippen molar-refractivity contribution in [3.8, 4) is 0 Å². The molecule has 0 aliphatic heterocycles. The number of alkyl halides is 3. The summed E-state index contributed by atoms with van der Waals surface area (Å²) >= 11 is -2.03. The molecule has 0 fully saturated rings. The van der Waals surface area contributed by atoms with Crippen molar-refractivity contribution in [2.75, 3.05) is 14.2 Å². The Balaban J connectivity index is 5.27. The molecule has 22 heavy (non-hydrogen) atoms. The third-order valence-electron chi connectivity index (χ3n) is 2.64. The molecule has 0 aliphatic carbocycles. The minimum atomic E-state index is -4.80. The highest BCUT2D eigenvalue weighted by atomic mass is 32.2. The standard InChI is InChI=1S/C12H20F3NO5S/c1-11(2,3)22(19)16-8(12(13,14)15)6-7(9(17)20-4)10(18)21-5/h7-8,16H,6H2,1-5H3/t8-,22?/m0/s1. The summed E-state index contributed by atoms with van der Waals surface area (Å²) in [6.45, 7) is 4.46. The lowest BCUT2D eigenvalue weighted by Gasteiger charge is -2.29. The lowest BCUT2D eigenvalue weighted by molar-refractivity contribution is -0.169. The molecule has 0 aromatic heterocycles. The quantitative estimate of drug-likeness (QED) is 0.443. The molecule has 0 saturated carbocycles. The van der Waals surface area contributed by atoms with Gasteiger partial charge in [0.05, 0.1) is 14.2 Å². The maximum atomic E-state index is 13.1. The van der Waals surface area contributed by atoms with Gasteiger partial charge >= 0.3 is 18.1 Å². The summed E-state index contributed by atoms with van der Waals surface area (Å²) < 4.78 is 60.6. The van der Waals surface area contributed by atoms with Crippen molar-refractivity contribution in [1.82, 2.24) is 4.72 Å². The Labute approximate surface area is 130 Å². The van der Waals surface area contributed by atoms with Gasteiger partial charge in [0.25, 0.3) is 0 Å². The molecule has 0 spiro atoms. The van der Waals surface area contributed by atoms with Crippen LogP contribution in [0.15, 0.2) is 0 Å². The molecule has 6 nitrogen and oxygen atoms in total. The number of ether oxygens (including phenoxy) is 2. The highest BCUT2D eigenvalue weighted by Gasteiger charge is 2.48. The molecule has 0 radical (unpaired) electrons. The monoisotopic (exact) mass is 347 g/mol. The molecule has 0 saturated heterocycles. The summed E-state index contributed by atoms with van der Waals surface area (Å²) in [7, 11) is 1.89. The van der Waals surface area contributed by atoms with Crippen LogP contribution in [-0.2, 0) is 30.4 Å². The molecule has 0 aliphatic rings. The molecule has 0 rings (SSSR count). The van der Waals surface area contributed by atoms with Gasteiger partial charge in [-0.3, -0.25) is 9.59 Å². The van der Waals surface area contributed by atoms with Gasteiger partial charge in [0.1, 0.15) is 10.8 Å². The highest BCUT2D eigenvalue weighted by Crippen LogP contribution is 2.28. The number of rotatable bonds is 6. The number of esters is 2. The zero-order valence-electron chi connectivity index (χ0n) is 12.9. The topological polar surface area (TPSA) is 87.7 Å². The largest absolute Gasteiger partial charge is 0.598 e. The zero-order valence-corrected chi connectivity index (χ0v) is 13.8. The second kappa shape index (κ2) is 8.02. The maximum absolute atomic E-state index is 13.1. The summed E-state index contributed by atoms with van der Waals surface area (Å²) in [4.78, 5) is 22.9. The van der Waals surface area contributed by atoms with Gasteiger partial charge in [0.15, 0.2) is 5.92 Å². The fourth-order valence-electron chi connectivity index (χ4n) is 1.36. The maximum Gasteiger partial charge on any atom is 0.408 e. The van der Waals surface area contributed by atoms with Gasteiger partial charge in [0, 0.05) is 11.4 Å². The fourth-order valence-corrected chi connectivity index (χ4v) is 2.21. The van der Waals surface area contributed by atoms with E-state index in [0.29, 0.717) is 0 Å². The van der Waals surface area contributed by atoms with Crippen molar-refractivity contribution in [2.24, 2.45) is 5.92 Å². The van der Waals surface area contributed by atoms with Crippen molar-refractivity contribution >= 4 is 23.3 Å². The fraction of sp³-hybridized carbons (Fsp3) is 0.833. The van der Waals surface area contributed by atoms with Gasteiger partial charge in [-0.05, 0) is 27.2 Å². The summed E-state index contributed by atoms with van der Waals surface area (Å²) in [5.41, 5.74) is 0. The molecular weight excluding hydrogens is 327 g/mol. The Bertz CT molecular complexity index is 381. The van der Waals surface area contributed by atoms with Crippen LogP contribution in [0.4, 0.5) is 13.2 Å². The lowest BCUT2D eigenvalue weighted by Crippen LogP contribution is -2.52. The van der Waals surface area contributed by atoms with E-state index in [2.05, 4.69) is 9.47 Å². The number of carbonyl (C=O) groups excluding carboxylic acids is 2. The first-order valence-electron chi connectivity index (χ1n) is 6.25. The van der Waals surface area contributed by atoms with E-state index in [0.717, 1.165) is 14.2 Å². The van der Waals surface area contributed by atoms with Crippen molar-refractivity contribution in [3.63, 3.8) is 0 Å². The Morgan fingerprint density at radius 3 is 1.82 bits per heavy atom. The smallest absolute Gasteiger partial charge is 0.408 e. The van der Waals surface area contributed by atoms with E-state index in [9.17, 15) is 27.3 Å². The van der Waals surface area contributed by atoms with E-state index >= 15 is 0 Å². The first kappa shape index (κ1) is 21.0. The van der Waals surface area contributed by atoms with E-state index < -0.39 is 52.6 Å². The molecule has 10 heteroatoms. The SMILES string of the molecule is COC(=O)C(C[C@H](N[S+]([O-])C(C)(C)C)C(F)(F)F)C(=O)OC. The second-order valence-electron chi connectivity index (χ2n) is 5.43.